The fraction of sp³-hybridized carbons (Fsp3) is 0.448. The average Bonchev–Trinajstić information content (AvgIpc) is 3.38. The molecule has 0 unspecified atom stereocenters. The Morgan fingerprint density at radius 3 is 2.64 bits per heavy atom. The van der Waals surface area contributed by atoms with Crippen LogP contribution >= 0.6 is 0 Å². The van der Waals surface area contributed by atoms with Crippen LogP contribution in [-0.2, 0) is 16.0 Å². The van der Waals surface area contributed by atoms with Crippen molar-refractivity contribution in [2.75, 3.05) is 32.8 Å². The van der Waals surface area contributed by atoms with Gasteiger partial charge in [-0.05, 0) is 67.9 Å². The number of rotatable bonds is 10. The minimum absolute atomic E-state index is 0.0638. The van der Waals surface area contributed by atoms with Gasteiger partial charge < -0.3 is 24.4 Å². The van der Waals surface area contributed by atoms with Gasteiger partial charge in [0.2, 0.25) is 0 Å². The van der Waals surface area contributed by atoms with Gasteiger partial charge >= 0.3 is 0 Å². The number of ether oxygens (including phenoxy) is 2. The Morgan fingerprint density at radius 2 is 1.92 bits per heavy atom. The van der Waals surface area contributed by atoms with E-state index in [9.17, 15) is 14.7 Å². The van der Waals surface area contributed by atoms with Gasteiger partial charge in [-0.1, -0.05) is 32.9 Å². The van der Waals surface area contributed by atoms with Crippen molar-refractivity contribution in [2.24, 2.45) is 0 Å². The number of likely N-dealkylation sites (N-methyl/N-ethyl adjacent to an activating group) is 1. The van der Waals surface area contributed by atoms with Gasteiger partial charge in [0.25, 0.3) is 11.7 Å². The first-order valence-corrected chi connectivity index (χ1v) is 12.9. The number of hydrogen-bond donors (Lipinski definition) is 1. The van der Waals surface area contributed by atoms with Crippen molar-refractivity contribution < 1.29 is 24.2 Å². The lowest BCUT2D eigenvalue weighted by atomic mass is 9.94. The van der Waals surface area contributed by atoms with E-state index in [1.807, 2.05) is 50.2 Å². The molecule has 2 aliphatic heterocycles. The summed E-state index contributed by atoms with van der Waals surface area (Å²) in [5.41, 5.74) is 2.34. The Bertz CT molecular complexity index is 1150. The molecule has 0 radical (unpaired) electrons. The summed E-state index contributed by atoms with van der Waals surface area (Å²) >= 11 is 0. The van der Waals surface area contributed by atoms with Crippen LogP contribution in [0.4, 0.5) is 0 Å². The minimum Gasteiger partial charge on any atom is -0.507 e. The van der Waals surface area contributed by atoms with Crippen LogP contribution in [0.5, 0.6) is 11.5 Å². The Morgan fingerprint density at radius 1 is 1.14 bits per heavy atom. The number of Topliss-reactive ketones (excluding diaryl/α,β-unsaturated/α-hetero) is 1. The van der Waals surface area contributed by atoms with Crippen molar-refractivity contribution in [2.45, 2.75) is 52.7 Å². The van der Waals surface area contributed by atoms with Crippen LogP contribution in [0.2, 0.25) is 0 Å². The van der Waals surface area contributed by atoms with Crippen LogP contribution in [0, 0.1) is 0 Å². The van der Waals surface area contributed by atoms with Gasteiger partial charge in [-0.3, -0.25) is 9.59 Å². The minimum atomic E-state index is -0.700. The monoisotopic (exact) mass is 492 g/mol. The fourth-order valence-electron chi connectivity index (χ4n) is 4.97. The lowest BCUT2D eigenvalue weighted by molar-refractivity contribution is -0.140. The Hall–Kier alpha value is -3.32. The molecule has 2 heterocycles. The lowest BCUT2D eigenvalue weighted by Crippen LogP contribution is -2.38. The van der Waals surface area contributed by atoms with Crippen LogP contribution in [-0.4, -0.2) is 65.5 Å². The Kier molecular flexibility index (Phi) is 7.99. The first kappa shape index (κ1) is 25.8. The van der Waals surface area contributed by atoms with E-state index < -0.39 is 17.7 Å². The van der Waals surface area contributed by atoms with E-state index in [0.29, 0.717) is 31.0 Å². The Balaban J connectivity index is 1.78. The zero-order chi connectivity index (χ0) is 25.8. The standard InChI is InChI=1S/C29H36N2O5/c1-5-15-35-23-10-8-9-20(18-23)26-25(28(33)29(34)31(26)14-13-30(6-2)7-3)27(32)21-11-12-24-22(17-21)16-19(4)36-24/h8-12,17-19,26,32H,5-7,13-16H2,1-4H3/b27-25+/t19-,26-/m0/s1. The molecular formula is C29H36N2O5. The predicted molar refractivity (Wildman–Crippen MR) is 139 cm³/mol. The van der Waals surface area contributed by atoms with E-state index in [4.69, 9.17) is 9.47 Å². The molecule has 0 spiro atoms. The summed E-state index contributed by atoms with van der Waals surface area (Å²) in [5, 5.41) is 11.4. The van der Waals surface area contributed by atoms with Gasteiger partial charge in [0.05, 0.1) is 18.2 Å². The van der Waals surface area contributed by atoms with Crippen LogP contribution in [0.15, 0.2) is 48.0 Å². The fourth-order valence-corrected chi connectivity index (χ4v) is 4.97. The van der Waals surface area contributed by atoms with E-state index in [1.165, 1.54) is 0 Å². The third-order valence-electron chi connectivity index (χ3n) is 6.91. The molecule has 2 aliphatic rings. The van der Waals surface area contributed by atoms with Gasteiger partial charge in [-0.15, -0.1) is 0 Å². The third-order valence-corrected chi connectivity index (χ3v) is 6.91. The second-order valence-electron chi connectivity index (χ2n) is 9.40. The largest absolute Gasteiger partial charge is 0.507 e. The first-order valence-electron chi connectivity index (χ1n) is 12.9. The molecule has 0 aromatic heterocycles. The van der Waals surface area contributed by atoms with Crippen molar-refractivity contribution >= 4 is 17.4 Å². The van der Waals surface area contributed by atoms with Crippen molar-refractivity contribution in [1.82, 2.24) is 9.80 Å². The molecule has 1 saturated heterocycles. The number of aliphatic hydroxyl groups excluding tert-OH is 1. The van der Waals surface area contributed by atoms with Crippen molar-refractivity contribution in [3.8, 4) is 11.5 Å². The highest BCUT2D eigenvalue weighted by molar-refractivity contribution is 6.46. The lowest BCUT2D eigenvalue weighted by Gasteiger charge is -2.28. The molecule has 1 fully saturated rings. The maximum Gasteiger partial charge on any atom is 0.295 e. The molecular weight excluding hydrogens is 456 g/mol. The molecule has 4 rings (SSSR count). The second kappa shape index (κ2) is 11.2. The molecule has 0 bridgehead atoms. The number of aliphatic hydroxyl groups is 1. The third kappa shape index (κ3) is 5.12. The van der Waals surface area contributed by atoms with Crippen molar-refractivity contribution in [3.63, 3.8) is 0 Å². The molecule has 7 nitrogen and oxygen atoms in total. The first-order chi connectivity index (χ1) is 17.4. The molecule has 0 aliphatic carbocycles. The summed E-state index contributed by atoms with van der Waals surface area (Å²) in [7, 11) is 0. The van der Waals surface area contributed by atoms with E-state index in [1.54, 1.807) is 11.0 Å². The topological polar surface area (TPSA) is 79.3 Å². The summed E-state index contributed by atoms with van der Waals surface area (Å²) in [6.07, 6.45) is 1.66. The average molecular weight is 493 g/mol. The summed E-state index contributed by atoms with van der Waals surface area (Å²) in [4.78, 5) is 30.4. The van der Waals surface area contributed by atoms with Crippen LogP contribution in [0.1, 0.15) is 56.8 Å². The molecule has 2 aromatic carbocycles. The molecule has 2 aromatic rings. The second-order valence-corrected chi connectivity index (χ2v) is 9.40. The van der Waals surface area contributed by atoms with Gasteiger partial charge in [0.15, 0.2) is 0 Å². The number of fused-ring (bicyclic) bond motifs is 1. The zero-order valence-electron chi connectivity index (χ0n) is 21.6. The highest BCUT2D eigenvalue weighted by Gasteiger charge is 2.46. The maximum atomic E-state index is 13.4. The number of carbonyl (C=O) groups is 2. The van der Waals surface area contributed by atoms with Crippen LogP contribution in [0.25, 0.3) is 5.76 Å². The van der Waals surface area contributed by atoms with Crippen molar-refractivity contribution in [3.05, 3.63) is 64.7 Å². The molecule has 36 heavy (non-hydrogen) atoms. The van der Waals surface area contributed by atoms with Gasteiger partial charge in [0.1, 0.15) is 23.4 Å². The number of benzene rings is 2. The van der Waals surface area contributed by atoms with Gasteiger partial charge in [-0.25, -0.2) is 0 Å². The van der Waals surface area contributed by atoms with Crippen LogP contribution < -0.4 is 9.47 Å². The Labute approximate surface area is 213 Å². The molecule has 192 valence electrons. The van der Waals surface area contributed by atoms with Gasteiger partial charge in [0, 0.05) is 25.1 Å². The summed E-state index contributed by atoms with van der Waals surface area (Å²) in [6.45, 7) is 11.5. The number of likely N-dealkylation sites (tertiary alicyclic amines) is 1. The molecule has 2 atom stereocenters. The molecule has 0 saturated carbocycles. The van der Waals surface area contributed by atoms with Gasteiger partial charge in [-0.2, -0.15) is 0 Å². The highest BCUT2D eigenvalue weighted by atomic mass is 16.5. The van der Waals surface area contributed by atoms with Crippen LogP contribution in [0.3, 0.4) is 0 Å². The summed E-state index contributed by atoms with van der Waals surface area (Å²) in [5.74, 6) is 0.0445. The van der Waals surface area contributed by atoms with E-state index in [2.05, 4.69) is 18.7 Å². The number of amides is 1. The number of ketones is 1. The summed E-state index contributed by atoms with van der Waals surface area (Å²) < 4.78 is 11.6. The smallest absolute Gasteiger partial charge is 0.295 e. The van der Waals surface area contributed by atoms with E-state index >= 15 is 0 Å². The number of nitrogens with zero attached hydrogens (tertiary/aromatic N) is 2. The molecule has 7 heteroatoms. The van der Waals surface area contributed by atoms with E-state index in [0.717, 1.165) is 42.8 Å². The normalized spacial score (nSPS) is 20.6. The number of hydrogen-bond acceptors (Lipinski definition) is 6. The maximum absolute atomic E-state index is 13.4. The quantitative estimate of drug-likeness (QED) is 0.298. The zero-order valence-corrected chi connectivity index (χ0v) is 21.6. The molecule has 1 amide bonds. The highest BCUT2D eigenvalue weighted by Crippen LogP contribution is 2.41. The predicted octanol–water partition coefficient (Wildman–Crippen LogP) is 4.56. The number of carbonyl (C=O) groups excluding carboxylic acids is 2. The SMILES string of the molecule is CCCOc1cccc([C@H]2/C(=C(\O)c3ccc4c(c3)C[C@H](C)O4)C(=O)C(=O)N2CCN(CC)CC)c1. The van der Waals surface area contributed by atoms with E-state index in [-0.39, 0.29) is 17.4 Å². The molecule has 1 N–H and O–H groups in total. The summed E-state index contributed by atoms with van der Waals surface area (Å²) in [6, 6.07) is 12.2. The van der Waals surface area contributed by atoms with Crippen molar-refractivity contribution in [1.29, 1.82) is 0 Å².